The number of carbonyl (C=O) groups excluding carboxylic acids is 1. The first-order valence-corrected chi connectivity index (χ1v) is 4.19. The van der Waals surface area contributed by atoms with Gasteiger partial charge >= 0.3 is 5.97 Å². The minimum absolute atomic E-state index is 0.0221. The topological polar surface area (TPSA) is 66.4 Å². The van der Waals surface area contributed by atoms with E-state index in [0.29, 0.717) is 13.0 Å². The summed E-state index contributed by atoms with van der Waals surface area (Å²) in [5.41, 5.74) is 0. The molecule has 0 radical (unpaired) electrons. The molecule has 0 bridgehead atoms. The smallest absolute Gasteiger partial charge is 0.321 e. The predicted octanol–water partition coefficient (Wildman–Crippen LogP) is -0.362. The zero-order chi connectivity index (χ0) is 8.72. The number of Topliss-reactive ketones (excluding diaryl/α,β-unsaturated/α-hetero) is 1. The Balaban J connectivity index is 2.15. The first-order valence-electron chi connectivity index (χ1n) is 4.19. The van der Waals surface area contributed by atoms with Crippen molar-refractivity contribution in [3.05, 3.63) is 0 Å². The van der Waals surface area contributed by atoms with E-state index in [-0.39, 0.29) is 17.6 Å². The molecule has 2 rings (SSSR count). The van der Waals surface area contributed by atoms with Gasteiger partial charge in [-0.2, -0.15) is 0 Å². The highest BCUT2D eigenvalue weighted by atomic mass is 16.4. The first-order chi connectivity index (χ1) is 5.70. The summed E-state index contributed by atoms with van der Waals surface area (Å²) in [6.07, 6.45) is 1.31. The Morgan fingerprint density at radius 1 is 1.58 bits per heavy atom. The van der Waals surface area contributed by atoms with Crippen molar-refractivity contribution in [3.63, 3.8) is 0 Å². The maximum absolute atomic E-state index is 11.2. The van der Waals surface area contributed by atoms with Crippen LogP contribution in [0.4, 0.5) is 0 Å². The molecule has 1 saturated heterocycles. The lowest BCUT2D eigenvalue weighted by molar-refractivity contribution is -0.140. The highest BCUT2D eigenvalue weighted by Crippen LogP contribution is 2.35. The van der Waals surface area contributed by atoms with Crippen LogP contribution in [0.15, 0.2) is 0 Å². The lowest BCUT2D eigenvalue weighted by atomic mass is 9.94. The molecule has 1 aliphatic heterocycles. The van der Waals surface area contributed by atoms with Crippen molar-refractivity contribution in [1.29, 1.82) is 0 Å². The maximum atomic E-state index is 11.2. The average Bonchev–Trinajstić information content (AvgIpc) is 2.53. The molecule has 0 spiro atoms. The number of carbonyl (C=O) groups is 2. The Hall–Kier alpha value is -0.900. The lowest BCUT2D eigenvalue weighted by Gasteiger charge is -2.11. The van der Waals surface area contributed by atoms with Gasteiger partial charge in [-0.05, 0) is 12.3 Å². The fraction of sp³-hybridized carbons (Fsp3) is 0.750. The van der Waals surface area contributed by atoms with E-state index >= 15 is 0 Å². The van der Waals surface area contributed by atoms with Crippen molar-refractivity contribution in [2.24, 2.45) is 11.8 Å². The van der Waals surface area contributed by atoms with Crippen LogP contribution in [0.2, 0.25) is 0 Å². The molecule has 4 nitrogen and oxygen atoms in total. The molecule has 0 aromatic heterocycles. The van der Waals surface area contributed by atoms with Crippen LogP contribution in [0.1, 0.15) is 12.8 Å². The molecule has 12 heavy (non-hydrogen) atoms. The van der Waals surface area contributed by atoms with Gasteiger partial charge in [-0.15, -0.1) is 0 Å². The fourth-order valence-electron chi connectivity index (χ4n) is 2.27. The van der Waals surface area contributed by atoms with Crippen LogP contribution in [-0.2, 0) is 9.59 Å². The molecule has 0 amide bonds. The third-order valence-corrected chi connectivity index (χ3v) is 2.91. The van der Waals surface area contributed by atoms with Gasteiger partial charge in [-0.3, -0.25) is 9.59 Å². The van der Waals surface area contributed by atoms with E-state index in [4.69, 9.17) is 5.11 Å². The van der Waals surface area contributed by atoms with E-state index in [1.165, 1.54) is 0 Å². The molecule has 66 valence electrons. The number of rotatable bonds is 1. The first kappa shape index (κ1) is 7.73. The van der Waals surface area contributed by atoms with Crippen LogP contribution in [0.5, 0.6) is 0 Å². The number of fused-ring (bicyclic) bond motifs is 1. The van der Waals surface area contributed by atoms with Crippen LogP contribution < -0.4 is 5.32 Å². The number of nitrogens with one attached hydrogen (secondary N) is 1. The molecule has 1 saturated carbocycles. The molecule has 1 aliphatic carbocycles. The van der Waals surface area contributed by atoms with Crippen LogP contribution in [0.3, 0.4) is 0 Å². The standard InChI is InChI=1S/C8H11NO3/c10-6-2-1-4-5(6)3-9-7(4)8(11)12/h4-5,7,9H,1-3H2,(H,11,12)/t4-,5+,7+/m1/s1. The van der Waals surface area contributed by atoms with Crippen molar-refractivity contribution in [2.75, 3.05) is 6.54 Å². The molecule has 1 heterocycles. The summed E-state index contributed by atoms with van der Waals surface area (Å²) in [4.78, 5) is 21.9. The van der Waals surface area contributed by atoms with E-state index < -0.39 is 12.0 Å². The third kappa shape index (κ3) is 0.948. The van der Waals surface area contributed by atoms with Crippen LogP contribution in [0, 0.1) is 11.8 Å². The second-order valence-corrected chi connectivity index (χ2v) is 3.50. The van der Waals surface area contributed by atoms with E-state index in [1.807, 2.05) is 0 Å². The largest absolute Gasteiger partial charge is 0.480 e. The maximum Gasteiger partial charge on any atom is 0.321 e. The number of hydrogen-bond acceptors (Lipinski definition) is 3. The number of ketones is 1. The highest BCUT2D eigenvalue weighted by Gasteiger charge is 2.46. The summed E-state index contributed by atoms with van der Waals surface area (Å²) in [5.74, 6) is -0.561. The number of carboxylic acids is 1. The van der Waals surface area contributed by atoms with Crippen molar-refractivity contribution >= 4 is 11.8 Å². The molecule has 4 heteroatoms. The van der Waals surface area contributed by atoms with Gasteiger partial charge in [0.2, 0.25) is 0 Å². The molecular formula is C8H11NO3. The number of hydrogen-bond donors (Lipinski definition) is 2. The third-order valence-electron chi connectivity index (χ3n) is 2.91. The second kappa shape index (κ2) is 2.55. The predicted molar refractivity (Wildman–Crippen MR) is 40.6 cm³/mol. The van der Waals surface area contributed by atoms with Gasteiger partial charge < -0.3 is 10.4 Å². The normalized spacial score (nSPS) is 40.0. The summed E-state index contributed by atoms with van der Waals surface area (Å²) in [5, 5.41) is 11.6. The van der Waals surface area contributed by atoms with Crippen LogP contribution >= 0.6 is 0 Å². The minimum atomic E-state index is -0.822. The van der Waals surface area contributed by atoms with Gasteiger partial charge in [0.15, 0.2) is 0 Å². The molecule has 0 aromatic rings. The van der Waals surface area contributed by atoms with Gasteiger partial charge in [0.25, 0.3) is 0 Å². The molecule has 3 atom stereocenters. The second-order valence-electron chi connectivity index (χ2n) is 3.50. The molecular weight excluding hydrogens is 158 g/mol. The van der Waals surface area contributed by atoms with Gasteiger partial charge in [0, 0.05) is 18.9 Å². The fourth-order valence-corrected chi connectivity index (χ4v) is 2.27. The number of aliphatic carboxylic acids is 1. The Morgan fingerprint density at radius 3 is 3.00 bits per heavy atom. The van der Waals surface area contributed by atoms with Crippen molar-refractivity contribution in [1.82, 2.24) is 5.32 Å². The summed E-state index contributed by atoms with van der Waals surface area (Å²) >= 11 is 0. The van der Waals surface area contributed by atoms with Crippen molar-refractivity contribution in [3.8, 4) is 0 Å². The quantitative estimate of drug-likeness (QED) is 0.562. The minimum Gasteiger partial charge on any atom is -0.480 e. The zero-order valence-corrected chi connectivity index (χ0v) is 6.62. The van der Waals surface area contributed by atoms with Gasteiger partial charge in [0.1, 0.15) is 11.8 Å². The summed E-state index contributed by atoms with van der Waals surface area (Å²) in [7, 11) is 0. The van der Waals surface area contributed by atoms with Gasteiger partial charge in [-0.25, -0.2) is 0 Å². The number of carboxylic acid groups (broad SMARTS) is 1. The highest BCUT2D eigenvalue weighted by molar-refractivity contribution is 5.86. The summed E-state index contributed by atoms with van der Waals surface area (Å²) in [6.45, 7) is 0.556. The van der Waals surface area contributed by atoms with Gasteiger partial charge in [-0.1, -0.05) is 0 Å². The Morgan fingerprint density at radius 2 is 2.33 bits per heavy atom. The van der Waals surface area contributed by atoms with E-state index in [9.17, 15) is 9.59 Å². The van der Waals surface area contributed by atoms with E-state index in [0.717, 1.165) is 6.42 Å². The molecule has 0 aromatic carbocycles. The lowest BCUT2D eigenvalue weighted by Crippen LogP contribution is -2.35. The van der Waals surface area contributed by atoms with E-state index in [2.05, 4.69) is 5.32 Å². The van der Waals surface area contributed by atoms with Crippen LogP contribution in [-0.4, -0.2) is 29.4 Å². The zero-order valence-electron chi connectivity index (χ0n) is 6.62. The molecule has 2 N–H and O–H groups in total. The summed E-state index contributed by atoms with van der Waals surface area (Å²) < 4.78 is 0. The van der Waals surface area contributed by atoms with Crippen LogP contribution in [0.25, 0.3) is 0 Å². The Bertz CT molecular complexity index is 238. The van der Waals surface area contributed by atoms with Crippen molar-refractivity contribution < 1.29 is 14.7 Å². The molecule has 0 unspecified atom stereocenters. The van der Waals surface area contributed by atoms with E-state index in [1.54, 1.807) is 0 Å². The SMILES string of the molecule is O=C1CC[C@@H]2[C@@H]1CN[C@@H]2C(=O)O. The molecule has 2 aliphatic rings. The molecule has 2 fully saturated rings. The Kier molecular flexibility index (Phi) is 1.65. The summed E-state index contributed by atoms with van der Waals surface area (Å²) in [6, 6.07) is -0.485. The Labute approximate surface area is 69.9 Å². The average molecular weight is 169 g/mol. The van der Waals surface area contributed by atoms with Crippen molar-refractivity contribution in [2.45, 2.75) is 18.9 Å². The van der Waals surface area contributed by atoms with Gasteiger partial charge in [0.05, 0.1) is 0 Å². The monoisotopic (exact) mass is 169 g/mol.